The average molecular weight is 408 g/mol. The normalized spacial score (nSPS) is 16.1. The van der Waals surface area contributed by atoms with E-state index in [0.29, 0.717) is 11.5 Å². The number of hydrogen-bond donors (Lipinski definition) is 1. The number of ether oxygens (including phenoxy) is 1. The van der Waals surface area contributed by atoms with Gasteiger partial charge in [-0.2, -0.15) is 0 Å². The van der Waals surface area contributed by atoms with Gasteiger partial charge in [0.25, 0.3) is 0 Å². The van der Waals surface area contributed by atoms with Crippen molar-refractivity contribution in [2.75, 3.05) is 7.05 Å². The van der Waals surface area contributed by atoms with Gasteiger partial charge in [-0.15, -0.1) is 0 Å². The highest BCUT2D eigenvalue weighted by Gasteiger charge is 2.36. The Morgan fingerprint density at radius 3 is 2.52 bits per heavy atom. The first-order valence-corrected chi connectivity index (χ1v) is 10.9. The molecule has 4 heteroatoms. The highest BCUT2D eigenvalue weighted by molar-refractivity contribution is 7.80. The van der Waals surface area contributed by atoms with Crippen LogP contribution in [0.25, 0.3) is 5.57 Å². The maximum absolute atomic E-state index is 13.2. The molecule has 0 aromatic heterocycles. The molecule has 152 valence electrons. The summed E-state index contributed by atoms with van der Waals surface area (Å²) in [6, 6.07) is 17.6. The van der Waals surface area contributed by atoms with Crippen molar-refractivity contribution in [1.29, 1.82) is 0 Å². The summed E-state index contributed by atoms with van der Waals surface area (Å²) in [6.07, 6.45) is 6.44. The Balaban J connectivity index is 1.76. The third-order valence-corrected chi connectivity index (χ3v) is 5.70. The number of carbonyl (C=O) groups is 1. The fourth-order valence-corrected chi connectivity index (χ4v) is 3.93. The Bertz CT molecular complexity index is 889. The van der Waals surface area contributed by atoms with Crippen molar-refractivity contribution in [3.63, 3.8) is 0 Å². The van der Waals surface area contributed by atoms with Crippen molar-refractivity contribution in [3.05, 3.63) is 77.2 Å². The van der Waals surface area contributed by atoms with E-state index in [1.165, 1.54) is 25.7 Å². The first-order chi connectivity index (χ1) is 14.2. The summed E-state index contributed by atoms with van der Waals surface area (Å²) >= 11 is 5.67. The minimum absolute atomic E-state index is 0.0248. The SMILES string of the molecule is CCCCCCCC(=S)c1cccc(C2=C(NC)OC(c3ccccc3)C2=O)c1. The molecule has 3 rings (SSSR count). The van der Waals surface area contributed by atoms with Crippen LogP contribution in [0.1, 0.15) is 68.2 Å². The lowest BCUT2D eigenvalue weighted by Gasteiger charge is -2.11. The molecule has 0 bridgehead atoms. The molecule has 1 N–H and O–H groups in total. The van der Waals surface area contributed by atoms with E-state index in [-0.39, 0.29) is 5.78 Å². The Morgan fingerprint density at radius 1 is 1.03 bits per heavy atom. The van der Waals surface area contributed by atoms with Gasteiger partial charge in [0.05, 0.1) is 5.57 Å². The van der Waals surface area contributed by atoms with Gasteiger partial charge >= 0.3 is 0 Å². The van der Waals surface area contributed by atoms with Gasteiger partial charge in [-0.25, -0.2) is 0 Å². The zero-order valence-electron chi connectivity index (χ0n) is 17.2. The number of rotatable bonds is 10. The van der Waals surface area contributed by atoms with Gasteiger partial charge in [0, 0.05) is 17.5 Å². The Morgan fingerprint density at radius 2 is 1.79 bits per heavy atom. The molecule has 0 aliphatic carbocycles. The van der Waals surface area contributed by atoms with E-state index in [1.807, 2.05) is 54.6 Å². The maximum Gasteiger partial charge on any atom is 0.213 e. The summed E-state index contributed by atoms with van der Waals surface area (Å²) in [7, 11) is 1.78. The summed E-state index contributed by atoms with van der Waals surface area (Å²) < 4.78 is 5.96. The van der Waals surface area contributed by atoms with Gasteiger partial charge in [0.2, 0.25) is 5.78 Å². The smallest absolute Gasteiger partial charge is 0.213 e. The molecular weight excluding hydrogens is 378 g/mol. The summed E-state index contributed by atoms with van der Waals surface area (Å²) in [5, 5.41) is 3.05. The van der Waals surface area contributed by atoms with E-state index in [2.05, 4.69) is 12.2 Å². The average Bonchev–Trinajstić information content (AvgIpc) is 3.10. The van der Waals surface area contributed by atoms with Crippen LogP contribution in [0.15, 0.2) is 60.5 Å². The molecule has 1 heterocycles. The van der Waals surface area contributed by atoms with Crippen LogP contribution in [0, 0.1) is 0 Å². The number of thiocarbonyl (C=S) groups is 1. The highest BCUT2D eigenvalue weighted by atomic mass is 32.1. The van der Waals surface area contributed by atoms with E-state index in [4.69, 9.17) is 17.0 Å². The van der Waals surface area contributed by atoms with Crippen LogP contribution in [-0.2, 0) is 9.53 Å². The zero-order chi connectivity index (χ0) is 20.6. The fraction of sp³-hybridized carbons (Fsp3) is 0.360. The molecular formula is C25H29NO2S. The number of benzene rings is 2. The third kappa shape index (κ3) is 5.13. The number of carbonyl (C=O) groups excluding carboxylic acids is 1. The number of nitrogens with one attached hydrogen (secondary N) is 1. The van der Waals surface area contributed by atoms with E-state index in [9.17, 15) is 4.79 Å². The quantitative estimate of drug-likeness (QED) is 0.298. The standard InChI is InChI=1S/C25H29NO2S/c1-3-4-5-6-10-16-21(29)19-14-11-15-20(17-19)22-23(27)24(28-25(22)26-2)18-12-8-7-9-13-18/h7-9,11-15,17,24,26H,3-6,10,16H2,1-2H3. The molecule has 0 amide bonds. The van der Waals surface area contributed by atoms with Gasteiger partial charge in [0.1, 0.15) is 0 Å². The van der Waals surface area contributed by atoms with Crippen molar-refractivity contribution < 1.29 is 9.53 Å². The molecule has 0 saturated carbocycles. The topological polar surface area (TPSA) is 38.3 Å². The Hall–Kier alpha value is -2.46. The van der Waals surface area contributed by atoms with Crippen molar-refractivity contribution >= 4 is 28.4 Å². The summed E-state index contributed by atoms with van der Waals surface area (Å²) in [4.78, 5) is 14.1. The monoisotopic (exact) mass is 407 g/mol. The molecule has 2 aromatic rings. The second-order valence-electron chi connectivity index (χ2n) is 7.40. The van der Waals surface area contributed by atoms with E-state index in [1.54, 1.807) is 7.05 Å². The number of Topliss-reactive ketones (excluding diaryl/α,β-unsaturated/α-hetero) is 1. The summed E-state index contributed by atoms with van der Waals surface area (Å²) in [5.74, 6) is 0.495. The third-order valence-electron chi connectivity index (χ3n) is 5.26. The van der Waals surface area contributed by atoms with Crippen LogP contribution in [0.4, 0.5) is 0 Å². The fourth-order valence-electron chi connectivity index (χ4n) is 3.66. The predicted octanol–water partition coefficient (Wildman–Crippen LogP) is 5.99. The molecule has 3 nitrogen and oxygen atoms in total. The van der Waals surface area contributed by atoms with E-state index in [0.717, 1.165) is 34.4 Å². The maximum atomic E-state index is 13.2. The van der Waals surface area contributed by atoms with Crippen molar-refractivity contribution in [2.24, 2.45) is 0 Å². The van der Waals surface area contributed by atoms with Crippen LogP contribution in [0.5, 0.6) is 0 Å². The van der Waals surface area contributed by atoms with Gasteiger partial charge < -0.3 is 10.1 Å². The summed E-state index contributed by atoms with van der Waals surface area (Å²) in [5.41, 5.74) is 3.32. The summed E-state index contributed by atoms with van der Waals surface area (Å²) in [6.45, 7) is 2.22. The molecule has 0 saturated heterocycles. The van der Waals surface area contributed by atoms with Gasteiger partial charge in [0.15, 0.2) is 12.0 Å². The van der Waals surface area contributed by atoms with Crippen molar-refractivity contribution in [2.45, 2.75) is 51.6 Å². The van der Waals surface area contributed by atoms with Gasteiger partial charge in [-0.1, -0.05) is 93.4 Å². The van der Waals surface area contributed by atoms with Gasteiger partial charge in [-0.05, 0) is 30.0 Å². The minimum atomic E-state index is -0.608. The highest BCUT2D eigenvalue weighted by Crippen LogP contribution is 2.37. The minimum Gasteiger partial charge on any atom is -0.462 e. The Kier molecular flexibility index (Phi) is 7.59. The molecule has 1 unspecified atom stereocenters. The molecule has 0 radical (unpaired) electrons. The van der Waals surface area contributed by atoms with Crippen molar-refractivity contribution in [3.8, 4) is 0 Å². The number of hydrogen-bond acceptors (Lipinski definition) is 4. The predicted molar refractivity (Wildman–Crippen MR) is 123 cm³/mol. The zero-order valence-corrected chi connectivity index (χ0v) is 18.1. The lowest BCUT2D eigenvalue weighted by Crippen LogP contribution is -2.10. The number of unbranched alkanes of at least 4 members (excludes halogenated alkanes) is 4. The first kappa shape index (κ1) is 21.3. The molecule has 29 heavy (non-hydrogen) atoms. The lowest BCUT2D eigenvalue weighted by atomic mass is 9.94. The molecule has 1 aliphatic heterocycles. The largest absolute Gasteiger partial charge is 0.462 e. The van der Waals surface area contributed by atoms with Gasteiger partial charge in [-0.3, -0.25) is 4.79 Å². The van der Waals surface area contributed by atoms with Crippen LogP contribution in [-0.4, -0.2) is 17.7 Å². The van der Waals surface area contributed by atoms with E-state index < -0.39 is 6.10 Å². The molecule has 1 atom stereocenters. The van der Waals surface area contributed by atoms with Crippen LogP contribution in [0.3, 0.4) is 0 Å². The van der Waals surface area contributed by atoms with E-state index >= 15 is 0 Å². The second-order valence-corrected chi connectivity index (χ2v) is 7.89. The first-order valence-electron chi connectivity index (χ1n) is 10.5. The molecule has 0 spiro atoms. The molecule has 0 fully saturated rings. The molecule has 1 aliphatic rings. The number of ketones is 1. The van der Waals surface area contributed by atoms with Crippen molar-refractivity contribution in [1.82, 2.24) is 5.32 Å². The lowest BCUT2D eigenvalue weighted by molar-refractivity contribution is -0.120. The molecule has 2 aromatic carbocycles. The van der Waals surface area contributed by atoms with Crippen LogP contribution < -0.4 is 5.32 Å². The Labute approximate surface area is 179 Å². The van der Waals surface area contributed by atoms with Crippen LogP contribution in [0.2, 0.25) is 0 Å². The second kappa shape index (κ2) is 10.4. The van der Waals surface area contributed by atoms with Crippen LogP contribution >= 0.6 is 12.2 Å².